The van der Waals surface area contributed by atoms with E-state index in [2.05, 4.69) is 15.6 Å². The van der Waals surface area contributed by atoms with Crippen molar-refractivity contribution in [2.24, 2.45) is 4.99 Å². The highest BCUT2D eigenvalue weighted by Crippen LogP contribution is 2.02. The van der Waals surface area contributed by atoms with Gasteiger partial charge in [-0.05, 0) is 37.5 Å². The zero-order chi connectivity index (χ0) is 16.2. The minimum Gasteiger partial charge on any atom is -0.466 e. The number of ether oxygens (including phenoxy) is 1. The average Bonchev–Trinajstić information content (AvgIpc) is 2.51. The largest absolute Gasteiger partial charge is 0.466 e. The summed E-state index contributed by atoms with van der Waals surface area (Å²) in [7, 11) is 1.69. The van der Waals surface area contributed by atoms with E-state index in [0.717, 1.165) is 12.0 Å². The Bertz CT molecular complexity index is 481. The molecule has 0 aliphatic rings. The Balaban J connectivity index is 0.00000484. The first kappa shape index (κ1) is 21.6. The molecule has 0 amide bonds. The topological polar surface area (TPSA) is 62.7 Å². The van der Waals surface area contributed by atoms with E-state index in [1.165, 1.54) is 12.1 Å². The zero-order valence-corrected chi connectivity index (χ0v) is 15.9. The minimum absolute atomic E-state index is 0. The van der Waals surface area contributed by atoms with Crippen LogP contribution >= 0.6 is 24.0 Å². The molecule has 0 bridgehead atoms. The lowest BCUT2D eigenvalue weighted by Crippen LogP contribution is -2.38. The zero-order valence-electron chi connectivity index (χ0n) is 13.6. The summed E-state index contributed by atoms with van der Waals surface area (Å²) in [5.41, 5.74) is 1.06. The van der Waals surface area contributed by atoms with Gasteiger partial charge in [-0.25, -0.2) is 4.39 Å². The first-order chi connectivity index (χ1) is 10.7. The first-order valence-corrected chi connectivity index (χ1v) is 7.50. The van der Waals surface area contributed by atoms with E-state index in [9.17, 15) is 9.18 Å². The Morgan fingerprint density at radius 2 is 1.87 bits per heavy atom. The van der Waals surface area contributed by atoms with Crippen LogP contribution in [0.4, 0.5) is 4.39 Å². The first-order valence-electron chi connectivity index (χ1n) is 7.50. The SMILES string of the molecule is CCOC(=O)CCCNC(=NC)NCCc1ccc(F)cc1.I. The van der Waals surface area contributed by atoms with Gasteiger partial charge in [0.1, 0.15) is 5.82 Å². The smallest absolute Gasteiger partial charge is 0.305 e. The summed E-state index contributed by atoms with van der Waals surface area (Å²) in [5, 5.41) is 6.31. The van der Waals surface area contributed by atoms with E-state index >= 15 is 0 Å². The maximum absolute atomic E-state index is 12.8. The van der Waals surface area contributed by atoms with Crippen LogP contribution in [0, 0.1) is 5.82 Å². The number of hydrogen-bond acceptors (Lipinski definition) is 3. The molecule has 7 heteroatoms. The molecule has 0 radical (unpaired) electrons. The van der Waals surface area contributed by atoms with Crippen LogP contribution in [-0.4, -0.2) is 38.7 Å². The predicted molar refractivity (Wildman–Crippen MR) is 101 cm³/mol. The fourth-order valence-electron chi connectivity index (χ4n) is 1.87. The predicted octanol–water partition coefficient (Wildman–Crippen LogP) is 2.49. The van der Waals surface area contributed by atoms with E-state index in [0.29, 0.717) is 38.5 Å². The monoisotopic (exact) mass is 437 g/mol. The van der Waals surface area contributed by atoms with Crippen LogP contribution in [0.3, 0.4) is 0 Å². The van der Waals surface area contributed by atoms with Crippen LogP contribution in [-0.2, 0) is 16.0 Å². The number of nitrogens with zero attached hydrogens (tertiary/aromatic N) is 1. The molecule has 130 valence electrons. The molecule has 0 spiro atoms. The Kier molecular flexibility index (Phi) is 12.3. The Morgan fingerprint density at radius 3 is 2.48 bits per heavy atom. The van der Waals surface area contributed by atoms with Gasteiger partial charge in [0.2, 0.25) is 0 Å². The van der Waals surface area contributed by atoms with Crippen molar-refractivity contribution in [3.63, 3.8) is 0 Å². The molecule has 0 aromatic heterocycles. The van der Waals surface area contributed by atoms with Crippen LogP contribution in [0.25, 0.3) is 0 Å². The summed E-state index contributed by atoms with van der Waals surface area (Å²) in [6.07, 6.45) is 1.87. The third kappa shape index (κ3) is 10.1. The number of halogens is 2. The van der Waals surface area contributed by atoms with Crippen LogP contribution in [0.1, 0.15) is 25.3 Å². The fraction of sp³-hybridized carbons (Fsp3) is 0.500. The number of rotatable bonds is 8. The number of nitrogens with one attached hydrogen (secondary N) is 2. The summed E-state index contributed by atoms with van der Waals surface area (Å²) in [5.74, 6) is 0.283. The Labute approximate surface area is 154 Å². The summed E-state index contributed by atoms with van der Waals surface area (Å²) in [6.45, 7) is 3.56. The molecule has 0 saturated carbocycles. The fourth-order valence-corrected chi connectivity index (χ4v) is 1.87. The maximum atomic E-state index is 12.8. The number of carbonyl (C=O) groups is 1. The summed E-state index contributed by atoms with van der Waals surface area (Å²) < 4.78 is 17.7. The molecule has 0 atom stereocenters. The average molecular weight is 437 g/mol. The van der Waals surface area contributed by atoms with Crippen molar-refractivity contribution in [1.29, 1.82) is 0 Å². The Morgan fingerprint density at radius 1 is 1.22 bits per heavy atom. The number of aliphatic imine (C=N–C) groups is 1. The van der Waals surface area contributed by atoms with Gasteiger partial charge in [0.15, 0.2) is 5.96 Å². The molecule has 2 N–H and O–H groups in total. The molecule has 1 rings (SSSR count). The van der Waals surface area contributed by atoms with E-state index in [1.807, 2.05) is 0 Å². The quantitative estimate of drug-likeness (QED) is 0.216. The summed E-state index contributed by atoms with van der Waals surface area (Å²) in [4.78, 5) is 15.3. The van der Waals surface area contributed by atoms with Crippen LogP contribution < -0.4 is 10.6 Å². The van der Waals surface area contributed by atoms with Crippen LogP contribution in [0.5, 0.6) is 0 Å². The molecule has 23 heavy (non-hydrogen) atoms. The number of guanidine groups is 1. The third-order valence-electron chi connectivity index (χ3n) is 3.00. The molecular weight excluding hydrogens is 412 g/mol. The lowest BCUT2D eigenvalue weighted by Gasteiger charge is -2.11. The van der Waals surface area contributed by atoms with Crippen LogP contribution in [0.2, 0.25) is 0 Å². The number of esters is 1. The van der Waals surface area contributed by atoms with Crippen LogP contribution in [0.15, 0.2) is 29.3 Å². The Hall–Kier alpha value is -1.38. The molecule has 0 fully saturated rings. The highest BCUT2D eigenvalue weighted by Gasteiger charge is 2.02. The van der Waals surface area contributed by atoms with Gasteiger partial charge in [0.25, 0.3) is 0 Å². The molecular formula is C16H25FIN3O2. The van der Waals surface area contributed by atoms with Crippen molar-refractivity contribution in [3.05, 3.63) is 35.6 Å². The maximum Gasteiger partial charge on any atom is 0.305 e. The second-order valence-electron chi connectivity index (χ2n) is 4.71. The van der Waals surface area contributed by atoms with Gasteiger partial charge < -0.3 is 15.4 Å². The standard InChI is InChI=1S/C16H24FN3O2.HI/c1-3-22-15(21)5-4-11-19-16(18-2)20-12-10-13-6-8-14(17)9-7-13;/h6-9H,3-5,10-12H2,1-2H3,(H2,18,19,20);1H. The third-order valence-corrected chi connectivity index (χ3v) is 3.00. The van der Waals surface area contributed by atoms with E-state index in [-0.39, 0.29) is 35.8 Å². The second-order valence-corrected chi connectivity index (χ2v) is 4.71. The highest BCUT2D eigenvalue weighted by atomic mass is 127. The molecule has 0 saturated heterocycles. The molecule has 1 aromatic rings. The number of hydrogen-bond donors (Lipinski definition) is 2. The molecule has 1 aromatic carbocycles. The van der Waals surface area contributed by atoms with E-state index < -0.39 is 0 Å². The van der Waals surface area contributed by atoms with Crippen molar-refractivity contribution in [2.75, 3.05) is 26.7 Å². The van der Waals surface area contributed by atoms with Crippen molar-refractivity contribution >= 4 is 35.9 Å². The summed E-state index contributed by atoms with van der Waals surface area (Å²) >= 11 is 0. The minimum atomic E-state index is -0.226. The van der Waals surface area contributed by atoms with Crippen molar-refractivity contribution in [3.8, 4) is 0 Å². The van der Waals surface area contributed by atoms with Gasteiger partial charge >= 0.3 is 5.97 Å². The van der Waals surface area contributed by atoms with Gasteiger partial charge in [-0.15, -0.1) is 24.0 Å². The van der Waals surface area contributed by atoms with Crippen molar-refractivity contribution in [1.82, 2.24) is 10.6 Å². The number of benzene rings is 1. The second kappa shape index (κ2) is 13.1. The van der Waals surface area contributed by atoms with Gasteiger partial charge in [0, 0.05) is 26.6 Å². The molecule has 5 nitrogen and oxygen atoms in total. The lowest BCUT2D eigenvalue weighted by atomic mass is 10.1. The van der Waals surface area contributed by atoms with Gasteiger partial charge in [-0.2, -0.15) is 0 Å². The molecule has 0 unspecified atom stereocenters. The van der Waals surface area contributed by atoms with Crippen molar-refractivity contribution in [2.45, 2.75) is 26.2 Å². The van der Waals surface area contributed by atoms with E-state index in [1.54, 1.807) is 26.1 Å². The summed E-state index contributed by atoms with van der Waals surface area (Å²) in [6, 6.07) is 6.45. The lowest BCUT2D eigenvalue weighted by molar-refractivity contribution is -0.143. The van der Waals surface area contributed by atoms with Gasteiger partial charge in [-0.3, -0.25) is 9.79 Å². The highest BCUT2D eigenvalue weighted by molar-refractivity contribution is 14.0. The van der Waals surface area contributed by atoms with Crippen molar-refractivity contribution < 1.29 is 13.9 Å². The molecule has 0 aliphatic heterocycles. The molecule has 0 heterocycles. The number of carbonyl (C=O) groups excluding carboxylic acids is 1. The normalized spacial score (nSPS) is 10.7. The van der Waals surface area contributed by atoms with Gasteiger partial charge in [-0.1, -0.05) is 12.1 Å². The van der Waals surface area contributed by atoms with Gasteiger partial charge in [0.05, 0.1) is 6.61 Å². The molecule has 0 aliphatic carbocycles. The van der Waals surface area contributed by atoms with E-state index in [4.69, 9.17) is 4.74 Å².